The zero-order valence-corrected chi connectivity index (χ0v) is 60.8. The van der Waals surface area contributed by atoms with Gasteiger partial charge in [0.25, 0.3) is 7.82 Å². The number of quaternary nitrogens is 1. The van der Waals surface area contributed by atoms with Crippen LogP contribution in [0, 0.1) is 0 Å². The molecular formula is C79H150NO8P. The molecule has 2 unspecified atom stereocenters. The Morgan fingerprint density at radius 1 is 0.360 bits per heavy atom. The molecule has 10 heteroatoms. The van der Waals surface area contributed by atoms with Crippen LogP contribution in [0.4, 0.5) is 0 Å². The van der Waals surface area contributed by atoms with E-state index in [9.17, 15) is 19.0 Å². The predicted octanol–water partition coefficient (Wildman–Crippen LogP) is 24.9. The Bertz CT molecular complexity index is 1640. The zero-order valence-electron chi connectivity index (χ0n) is 59.9. The van der Waals surface area contributed by atoms with E-state index in [0.29, 0.717) is 17.4 Å². The fourth-order valence-electron chi connectivity index (χ4n) is 11.7. The summed E-state index contributed by atoms with van der Waals surface area (Å²) in [6, 6.07) is 0. The molecule has 89 heavy (non-hydrogen) atoms. The number of likely N-dealkylation sites (N-methyl/N-ethyl adjacent to an activating group) is 1. The van der Waals surface area contributed by atoms with Crippen LogP contribution >= 0.6 is 7.82 Å². The molecule has 0 aliphatic rings. The second-order valence-corrected chi connectivity index (χ2v) is 29.1. The molecule has 0 spiro atoms. The molecule has 2 atom stereocenters. The van der Waals surface area contributed by atoms with E-state index in [1.54, 1.807) is 0 Å². The summed E-state index contributed by atoms with van der Waals surface area (Å²) >= 11 is 0. The predicted molar refractivity (Wildman–Crippen MR) is 384 cm³/mol. The van der Waals surface area contributed by atoms with Gasteiger partial charge in [0.2, 0.25) is 0 Å². The smallest absolute Gasteiger partial charge is 0.306 e. The number of unbranched alkanes of at least 4 members (excludes halogenated alkanes) is 51. The molecule has 0 amide bonds. The van der Waals surface area contributed by atoms with Gasteiger partial charge in [-0.1, -0.05) is 377 Å². The minimum absolute atomic E-state index is 0.0278. The average Bonchev–Trinajstić information content (AvgIpc) is 3.60. The molecule has 0 aromatic heterocycles. The summed E-state index contributed by atoms with van der Waals surface area (Å²) in [5, 5.41) is 0. The Morgan fingerprint density at radius 2 is 0.640 bits per heavy atom. The number of phosphoric ester groups is 1. The van der Waals surface area contributed by atoms with E-state index in [2.05, 4.69) is 62.5 Å². The molecule has 0 rings (SSSR count). The number of nitrogens with zero attached hydrogens (tertiary/aromatic N) is 1. The molecule has 524 valence electrons. The number of carbonyl (C=O) groups excluding carboxylic acids is 2. The van der Waals surface area contributed by atoms with E-state index in [-0.39, 0.29) is 32.0 Å². The molecule has 0 aliphatic heterocycles. The third kappa shape index (κ3) is 74.9. The Labute approximate surface area is 554 Å². The number of esters is 2. The maximum absolute atomic E-state index is 12.9. The summed E-state index contributed by atoms with van der Waals surface area (Å²) in [4.78, 5) is 38.2. The number of hydrogen-bond donors (Lipinski definition) is 0. The molecule has 0 aliphatic carbocycles. The highest BCUT2D eigenvalue weighted by Crippen LogP contribution is 2.38. The van der Waals surface area contributed by atoms with Crippen molar-refractivity contribution >= 4 is 19.8 Å². The first kappa shape index (κ1) is 87.0. The van der Waals surface area contributed by atoms with Crippen LogP contribution in [-0.2, 0) is 32.7 Å². The maximum Gasteiger partial charge on any atom is 0.306 e. The molecule has 9 nitrogen and oxygen atoms in total. The highest BCUT2D eigenvalue weighted by atomic mass is 31.2. The minimum atomic E-state index is -4.64. The molecule has 0 bridgehead atoms. The third-order valence-electron chi connectivity index (χ3n) is 17.6. The van der Waals surface area contributed by atoms with Gasteiger partial charge in [0, 0.05) is 12.8 Å². The van der Waals surface area contributed by atoms with E-state index in [1.807, 2.05) is 21.1 Å². The highest BCUT2D eigenvalue weighted by Gasteiger charge is 2.22. The summed E-state index contributed by atoms with van der Waals surface area (Å²) < 4.78 is 34.4. The molecule has 0 saturated carbocycles. The van der Waals surface area contributed by atoms with Gasteiger partial charge < -0.3 is 27.9 Å². The molecule has 0 N–H and O–H groups in total. The van der Waals surface area contributed by atoms with Gasteiger partial charge in [-0.15, -0.1) is 0 Å². The van der Waals surface area contributed by atoms with Crippen LogP contribution in [0.15, 0.2) is 48.6 Å². The van der Waals surface area contributed by atoms with Crippen molar-refractivity contribution in [1.82, 2.24) is 0 Å². The lowest BCUT2D eigenvalue weighted by Gasteiger charge is -2.28. The van der Waals surface area contributed by atoms with Crippen LogP contribution in [0.1, 0.15) is 393 Å². The lowest BCUT2D eigenvalue weighted by atomic mass is 10.0. The fourth-order valence-corrected chi connectivity index (χ4v) is 12.4. The first-order chi connectivity index (χ1) is 43.5. The van der Waals surface area contributed by atoms with Crippen molar-refractivity contribution in [3.8, 4) is 0 Å². The van der Waals surface area contributed by atoms with Crippen LogP contribution in [0.25, 0.3) is 0 Å². The summed E-state index contributed by atoms with van der Waals surface area (Å²) in [5.74, 6) is -0.809. The van der Waals surface area contributed by atoms with Crippen molar-refractivity contribution in [2.24, 2.45) is 0 Å². The summed E-state index contributed by atoms with van der Waals surface area (Å²) in [7, 11) is 1.19. The number of phosphoric acid groups is 1. The second-order valence-electron chi connectivity index (χ2n) is 27.7. The normalized spacial score (nSPS) is 13.3. The number of hydrogen-bond acceptors (Lipinski definition) is 8. The van der Waals surface area contributed by atoms with Crippen LogP contribution in [0.2, 0.25) is 0 Å². The van der Waals surface area contributed by atoms with Crippen molar-refractivity contribution in [2.75, 3.05) is 47.5 Å². The quantitative estimate of drug-likeness (QED) is 0.0195. The monoisotopic (exact) mass is 1270 g/mol. The van der Waals surface area contributed by atoms with Gasteiger partial charge in [-0.2, -0.15) is 0 Å². The zero-order chi connectivity index (χ0) is 64.8. The lowest BCUT2D eigenvalue weighted by Crippen LogP contribution is -2.37. The number of ether oxygens (including phenoxy) is 2. The van der Waals surface area contributed by atoms with Gasteiger partial charge in [-0.05, 0) is 51.4 Å². The number of carbonyl (C=O) groups is 2. The van der Waals surface area contributed by atoms with Crippen molar-refractivity contribution in [2.45, 2.75) is 399 Å². The number of rotatable bonds is 73. The summed E-state index contributed by atoms with van der Waals surface area (Å²) in [5.41, 5.74) is 0. The maximum atomic E-state index is 12.9. The largest absolute Gasteiger partial charge is 0.756 e. The van der Waals surface area contributed by atoms with Gasteiger partial charge in [-0.3, -0.25) is 14.2 Å². The Kier molecular flexibility index (Phi) is 68.7. The second kappa shape index (κ2) is 70.3. The lowest BCUT2D eigenvalue weighted by molar-refractivity contribution is -0.870. The van der Waals surface area contributed by atoms with Crippen molar-refractivity contribution in [1.29, 1.82) is 0 Å². The first-order valence-electron chi connectivity index (χ1n) is 38.8. The van der Waals surface area contributed by atoms with Crippen LogP contribution < -0.4 is 4.89 Å². The number of allylic oxidation sites excluding steroid dienone is 8. The van der Waals surface area contributed by atoms with Crippen molar-refractivity contribution in [3.05, 3.63) is 48.6 Å². The van der Waals surface area contributed by atoms with Crippen molar-refractivity contribution < 1.29 is 42.1 Å². The molecule has 0 aromatic rings. The molecule has 0 heterocycles. The highest BCUT2D eigenvalue weighted by molar-refractivity contribution is 7.45. The van der Waals surface area contributed by atoms with E-state index < -0.39 is 26.5 Å². The van der Waals surface area contributed by atoms with E-state index >= 15 is 0 Å². The Morgan fingerprint density at radius 3 is 0.955 bits per heavy atom. The fraction of sp³-hybridized carbons (Fsp3) is 0.873. The molecular weight excluding hydrogens is 1120 g/mol. The van der Waals surface area contributed by atoms with E-state index in [0.717, 1.165) is 57.8 Å². The molecule has 0 fully saturated rings. The molecule has 0 aromatic carbocycles. The minimum Gasteiger partial charge on any atom is -0.756 e. The van der Waals surface area contributed by atoms with Crippen LogP contribution in [0.3, 0.4) is 0 Å². The van der Waals surface area contributed by atoms with Gasteiger partial charge >= 0.3 is 11.9 Å². The Balaban J connectivity index is 3.93. The van der Waals surface area contributed by atoms with Crippen LogP contribution in [0.5, 0.6) is 0 Å². The van der Waals surface area contributed by atoms with Gasteiger partial charge in [0.1, 0.15) is 19.8 Å². The Hall–Kier alpha value is -2.03. The van der Waals surface area contributed by atoms with Crippen LogP contribution in [-0.4, -0.2) is 70.0 Å². The van der Waals surface area contributed by atoms with E-state index in [4.69, 9.17) is 18.5 Å². The summed E-state index contributed by atoms with van der Waals surface area (Å²) in [6.07, 6.45) is 92.3. The van der Waals surface area contributed by atoms with Crippen molar-refractivity contribution in [3.63, 3.8) is 0 Å². The third-order valence-corrected chi connectivity index (χ3v) is 18.6. The average molecular weight is 1270 g/mol. The first-order valence-corrected chi connectivity index (χ1v) is 40.3. The summed E-state index contributed by atoms with van der Waals surface area (Å²) in [6.45, 7) is 4.21. The topological polar surface area (TPSA) is 111 Å². The standard InChI is InChI=1S/C79H150NO8P/c1-6-8-10-12-14-16-18-20-22-24-26-28-30-32-34-36-38-40-42-44-46-48-50-52-54-56-58-60-62-64-66-68-70-72-79(82)88-77(76-87-89(83,84)86-74-73-80(3,4)5)75-85-78(81)71-69-67-65-63-61-59-57-55-53-51-49-47-45-43-41-39-37-35-33-31-29-27-25-23-21-19-17-15-13-11-9-7-2/h8,10,14,16,20,22,26,28,77H,6-7,9,11-13,15,17-19,21,23-25,27,29-76H2,1-5H3/b10-8-,16-14-,22-20-,28-26-. The van der Waals surface area contributed by atoms with Gasteiger partial charge in [0.15, 0.2) is 6.10 Å². The van der Waals surface area contributed by atoms with Gasteiger partial charge in [-0.25, -0.2) is 0 Å². The molecule has 0 saturated heterocycles. The van der Waals surface area contributed by atoms with Gasteiger partial charge in [0.05, 0.1) is 27.7 Å². The molecule has 0 radical (unpaired) electrons. The van der Waals surface area contributed by atoms with E-state index in [1.165, 1.54) is 302 Å². The SMILES string of the molecule is CC/C=C\C/C=C\C/C=C\C/C=C\CCCCCCCCCCCCCCCCCCCCCCC(=O)OC(COC(=O)CCCCCCCCCCCCCCCCCCCCCCCCCCCCCCCCCC)COP(=O)([O-])OCC[N+](C)(C)C.